The fraction of sp³-hybridized carbons (Fsp3) is 0.250. The first kappa shape index (κ1) is 17.6. The zero-order valence-electron chi connectivity index (χ0n) is 11.9. The van der Waals surface area contributed by atoms with Crippen molar-refractivity contribution in [1.29, 1.82) is 0 Å². The smallest absolute Gasteiger partial charge is 0.142 e. The first-order chi connectivity index (χ1) is 10.5. The molecule has 1 N–H and O–H groups in total. The summed E-state index contributed by atoms with van der Waals surface area (Å²) in [6, 6.07) is 8.78. The minimum absolute atomic E-state index is 0.496. The van der Waals surface area contributed by atoms with E-state index in [0.29, 0.717) is 39.0 Å². The van der Waals surface area contributed by atoms with E-state index in [1.165, 1.54) is 0 Å². The zero-order valence-corrected chi connectivity index (χ0v) is 15.0. The highest BCUT2D eigenvalue weighted by molar-refractivity contribution is 6.36. The van der Waals surface area contributed by atoms with Crippen molar-refractivity contribution < 1.29 is 4.74 Å². The van der Waals surface area contributed by atoms with E-state index in [0.717, 1.165) is 17.7 Å². The van der Waals surface area contributed by atoms with Crippen molar-refractivity contribution in [2.45, 2.75) is 19.9 Å². The second kappa shape index (κ2) is 8.16. The monoisotopic (exact) mass is 377 g/mol. The first-order valence-electron chi connectivity index (χ1n) is 6.80. The fourth-order valence-corrected chi connectivity index (χ4v) is 3.08. The molecule has 2 nitrogen and oxygen atoms in total. The number of hydrogen-bond acceptors (Lipinski definition) is 2. The molecule has 0 aliphatic carbocycles. The lowest BCUT2D eigenvalue weighted by atomic mass is 10.2. The highest BCUT2D eigenvalue weighted by Gasteiger charge is 2.11. The topological polar surface area (TPSA) is 21.3 Å². The van der Waals surface area contributed by atoms with E-state index >= 15 is 0 Å². The third-order valence-electron chi connectivity index (χ3n) is 2.88. The van der Waals surface area contributed by atoms with Crippen LogP contribution in [0, 0.1) is 0 Å². The van der Waals surface area contributed by atoms with E-state index in [2.05, 4.69) is 5.32 Å². The van der Waals surface area contributed by atoms with Gasteiger partial charge in [-0.1, -0.05) is 53.3 Å². The molecular weight excluding hydrogens is 364 g/mol. The van der Waals surface area contributed by atoms with Crippen LogP contribution in [0.15, 0.2) is 30.3 Å². The van der Waals surface area contributed by atoms with E-state index in [1.807, 2.05) is 13.0 Å². The molecule has 0 spiro atoms. The minimum atomic E-state index is 0.496. The molecular formula is C16H15Cl4NO. The van der Waals surface area contributed by atoms with Gasteiger partial charge in [-0.05, 0) is 36.8 Å². The molecule has 0 radical (unpaired) electrons. The van der Waals surface area contributed by atoms with Gasteiger partial charge in [0, 0.05) is 32.9 Å². The van der Waals surface area contributed by atoms with Gasteiger partial charge in [0.2, 0.25) is 0 Å². The van der Waals surface area contributed by atoms with E-state index < -0.39 is 0 Å². The molecule has 0 bridgehead atoms. The molecule has 0 heterocycles. The summed E-state index contributed by atoms with van der Waals surface area (Å²) in [5.74, 6) is 0.647. The third kappa shape index (κ3) is 4.85. The molecule has 2 aromatic carbocycles. The van der Waals surface area contributed by atoms with Crippen LogP contribution in [0.25, 0.3) is 0 Å². The van der Waals surface area contributed by atoms with Crippen LogP contribution in [-0.4, -0.2) is 6.61 Å². The van der Waals surface area contributed by atoms with Gasteiger partial charge in [-0.2, -0.15) is 0 Å². The van der Waals surface area contributed by atoms with Gasteiger partial charge >= 0.3 is 0 Å². The number of hydrogen-bond donors (Lipinski definition) is 1. The average Bonchev–Trinajstić information content (AvgIpc) is 2.43. The van der Waals surface area contributed by atoms with E-state index in [1.54, 1.807) is 24.3 Å². The molecule has 0 saturated carbocycles. The van der Waals surface area contributed by atoms with Gasteiger partial charge in [0.25, 0.3) is 0 Å². The summed E-state index contributed by atoms with van der Waals surface area (Å²) in [7, 11) is 0. The summed E-state index contributed by atoms with van der Waals surface area (Å²) in [4.78, 5) is 0. The summed E-state index contributed by atoms with van der Waals surface area (Å²) >= 11 is 24.3. The lowest BCUT2D eigenvalue weighted by Gasteiger charge is -2.15. The van der Waals surface area contributed by atoms with E-state index in [9.17, 15) is 0 Å². The van der Waals surface area contributed by atoms with Gasteiger partial charge in [-0.25, -0.2) is 0 Å². The van der Waals surface area contributed by atoms with Crippen LogP contribution in [0.2, 0.25) is 20.1 Å². The maximum Gasteiger partial charge on any atom is 0.142 e. The predicted octanol–water partition coefficient (Wildman–Crippen LogP) is 6.70. The van der Waals surface area contributed by atoms with Crippen LogP contribution >= 0.6 is 46.4 Å². The van der Waals surface area contributed by atoms with Gasteiger partial charge in [0.1, 0.15) is 5.75 Å². The number of benzene rings is 2. The highest BCUT2D eigenvalue weighted by atomic mass is 35.5. The molecule has 0 amide bonds. The third-order valence-corrected chi connectivity index (χ3v) is 3.82. The molecule has 22 heavy (non-hydrogen) atoms. The molecule has 0 unspecified atom stereocenters. The normalized spacial score (nSPS) is 10.6. The number of rotatable bonds is 6. The van der Waals surface area contributed by atoms with Gasteiger partial charge in [-0.3, -0.25) is 0 Å². The lowest BCUT2D eigenvalue weighted by molar-refractivity contribution is 0.314. The Labute approximate surface area is 150 Å². The van der Waals surface area contributed by atoms with Crippen LogP contribution < -0.4 is 10.1 Å². The number of nitrogens with one attached hydrogen (secondary N) is 1. The average molecular weight is 379 g/mol. The van der Waals surface area contributed by atoms with Crippen molar-refractivity contribution >= 4 is 52.1 Å². The second-order valence-corrected chi connectivity index (χ2v) is 6.45. The van der Waals surface area contributed by atoms with Gasteiger partial charge in [0.15, 0.2) is 0 Å². The quantitative estimate of drug-likeness (QED) is 0.603. The first-order valence-corrected chi connectivity index (χ1v) is 8.31. The summed E-state index contributed by atoms with van der Waals surface area (Å²) < 4.78 is 5.73. The molecule has 0 fully saturated rings. The van der Waals surface area contributed by atoms with Crippen LogP contribution in [0.4, 0.5) is 5.69 Å². The van der Waals surface area contributed by atoms with Crippen LogP contribution in [-0.2, 0) is 6.54 Å². The van der Waals surface area contributed by atoms with Crippen molar-refractivity contribution in [3.8, 4) is 5.75 Å². The summed E-state index contributed by atoms with van der Waals surface area (Å²) in [5, 5.41) is 5.46. The molecule has 0 atom stereocenters. The van der Waals surface area contributed by atoms with E-state index in [-0.39, 0.29) is 0 Å². The summed E-state index contributed by atoms with van der Waals surface area (Å²) in [6.45, 7) is 3.13. The number of ether oxygens (including phenoxy) is 1. The van der Waals surface area contributed by atoms with Crippen LogP contribution in [0.1, 0.15) is 18.9 Å². The molecule has 6 heteroatoms. The van der Waals surface area contributed by atoms with Gasteiger partial charge in [0.05, 0.1) is 11.6 Å². The fourth-order valence-electron chi connectivity index (χ4n) is 1.96. The highest BCUT2D eigenvalue weighted by Crippen LogP contribution is 2.33. The van der Waals surface area contributed by atoms with E-state index in [4.69, 9.17) is 51.1 Å². The Bertz CT molecular complexity index is 641. The number of anilines is 1. The minimum Gasteiger partial charge on any atom is -0.492 e. The Balaban J connectivity index is 2.20. The van der Waals surface area contributed by atoms with Crippen molar-refractivity contribution in [2.75, 3.05) is 11.9 Å². The Morgan fingerprint density at radius 1 is 0.909 bits per heavy atom. The van der Waals surface area contributed by atoms with Crippen molar-refractivity contribution in [3.05, 3.63) is 56.0 Å². The largest absolute Gasteiger partial charge is 0.492 e. The molecule has 0 saturated heterocycles. The predicted molar refractivity (Wildman–Crippen MR) is 96.0 cm³/mol. The van der Waals surface area contributed by atoms with Crippen LogP contribution in [0.3, 0.4) is 0 Å². The Hall–Kier alpha value is -0.800. The maximum absolute atomic E-state index is 6.22. The van der Waals surface area contributed by atoms with Crippen molar-refractivity contribution in [1.82, 2.24) is 0 Å². The molecule has 2 rings (SSSR count). The Morgan fingerprint density at radius 3 is 2.18 bits per heavy atom. The molecule has 118 valence electrons. The second-order valence-electron chi connectivity index (χ2n) is 4.74. The molecule has 0 aromatic heterocycles. The molecule has 0 aliphatic rings. The lowest BCUT2D eigenvalue weighted by Crippen LogP contribution is -2.05. The Morgan fingerprint density at radius 2 is 1.55 bits per heavy atom. The van der Waals surface area contributed by atoms with Gasteiger partial charge < -0.3 is 10.1 Å². The SMILES string of the molecule is CCCOc1c(Cl)cc(Cl)cc1CNc1cc(Cl)cc(Cl)c1. The Kier molecular flexibility index (Phi) is 6.51. The van der Waals surface area contributed by atoms with Crippen molar-refractivity contribution in [3.63, 3.8) is 0 Å². The summed E-state index contributed by atoms with van der Waals surface area (Å²) in [5.41, 5.74) is 1.69. The van der Waals surface area contributed by atoms with Crippen LogP contribution in [0.5, 0.6) is 5.75 Å². The van der Waals surface area contributed by atoms with Gasteiger partial charge in [-0.15, -0.1) is 0 Å². The molecule has 2 aromatic rings. The zero-order chi connectivity index (χ0) is 16.1. The molecule has 0 aliphatic heterocycles. The number of halogens is 4. The standard InChI is InChI=1S/C16H15Cl4NO/c1-2-3-22-16-10(4-11(17)8-15(16)20)9-21-14-6-12(18)5-13(19)7-14/h4-8,21H,2-3,9H2,1H3. The maximum atomic E-state index is 6.22. The summed E-state index contributed by atoms with van der Waals surface area (Å²) in [6.07, 6.45) is 0.899. The van der Waals surface area contributed by atoms with Crippen molar-refractivity contribution in [2.24, 2.45) is 0 Å².